The first-order chi connectivity index (χ1) is 10.1. The number of benzene rings is 1. The Hall–Kier alpha value is -1.07. The molecule has 0 saturated heterocycles. The van der Waals surface area contributed by atoms with E-state index in [1.54, 1.807) is 0 Å². The molecule has 0 amide bonds. The summed E-state index contributed by atoms with van der Waals surface area (Å²) >= 11 is 0. The molecular formula is C16H23F3N2. The van der Waals surface area contributed by atoms with Gasteiger partial charge in [-0.25, -0.2) is 13.2 Å². The maximum absolute atomic E-state index is 13.9. The Morgan fingerprint density at radius 2 is 1.81 bits per heavy atom. The number of rotatable bonds is 5. The molecule has 0 aromatic heterocycles. The van der Waals surface area contributed by atoms with Crippen molar-refractivity contribution in [2.24, 2.45) is 17.7 Å². The minimum Gasteiger partial charge on any atom is -0.271 e. The van der Waals surface area contributed by atoms with Gasteiger partial charge in [0, 0.05) is 5.56 Å². The number of nitrogens with one attached hydrogen (secondary N) is 1. The molecule has 0 aliphatic heterocycles. The topological polar surface area (TPSA) is 38.0 Å². The summed E-state index contributed by atoms with van der Waals surface area (Å²) in [6.45, 7) is 2.17. The molecule has 0 bridgehead atoms. The number of hydrazine groups is 1. The summed E-state index contributed by atoms with van der Waals surface area (Å²) in [6.07, 6.45) is 6.42. The first kappa shape index (κ1) is 16.3. The van der Waals surface area contributed by atoms with Crippen LogP contribution in [0, 0.1) is 29.3 Å². The van der Waals surface area contributed by atoms with Crippen LogP contribution >= 0.6 is 0 Å². The van der Waals surface area contributed by atoms with Crippen molar-refractivity contribution >= 4 is 0 Å². The summed E-state index contributed by atoms with van der Waals surface area (Å²) < 4.78 is 40.4. The molecule has 21 heavy (non-hydrogen) atoms. The van der Waals surface area contributed by atoms with Gasteiger partial charge in [-0.2, -0.15) is 0 Å². The molecule has 118 valence electrons. The van der Waals surface area contributed by atoms with Crippen LogP contribution in [0.5, 0.6) is 0 Å². The predicted molar refractivity (Wildman–Crippen MR) is 76.7 cm³/mol. The summed E-state index contributed by atoms with van der Waals surface area (Å²) in [5.74, 6) is 2.71. The summed E-state index contributed by atoms with van der Waals surface area (Å²) in [5.41, 5.74) is 2.71. The monoisotopic (exact) mass is 300 g/mol. The molecule has 2 nitrogen and oxygen atoms in total. The van der Waals surface area contributed by atoms with E-state index in [0.29, 0.717) is 0 Å². The van der Waals surface area contributed by atoms with Crippen molar-refractivity contribution in [1.29, 1.82) is 0 Å². The number of nitrogens with two attached hydrogens (primary N) is 1. The van der Waals surface area contributed by atoms with Crippen LogP contribution < -0.4 is 11.3 Å². The molecule has 2 rings (SSSR count). The quantitative estimate of drug-likeness (QED) is 0.485. The molecule has 5 heteroatoms. The predicted octanol–water partition coefficient (Wildman–Crippen LogP) is 4.21. The van der Waals surface area contributed by atoms with Gasteiger partial charge >= 0.3 is 0 Å². The minimum atomic E-state index is -1.42. The van der Waals surface area contributed by atoms with Gasteiger partial charge in [0.05, 0.1) is 6.04 Å². The summed E-state index contributed by atoms with van der Waals surface area (Å²) in [5, 5.41) is 0. The summed E-state index contributed by atoms with van der Waals surface area (Å²) in [6, 6.07) is 1.78. The second-order valence-corrected chi connectivity index (χ2v) is 5.98. The van der Waals surface area contributed by atoms with Crippen molar-refractivity contribution in [1.82, 2.24) is 5.43 Å². The van der Waals surface area contributed by atoms with Crippen LogP contribution in [-0.4, -0.2) is 0 Å². The van der Waals surface area contributed by atoms with Gasteiger partial charge in [0.25, 0.3) is 0 Å². The fourth-order valence-corrected chi connectivity index (χ4v) is 3.48. The van der Waals surface area contributed by atoms with Gasteiger partial charge in [-0.3, -0.25) is 11.3 Å². The third-order valence-corrected chi connectivity index (χ3v) is 4.64. The van der Waals surface area contributed by atoms with E-state index >= 15 is 0 Å². The van der Waals surface area contributed by atoms with Crippen molar-refractivity contribution in [3.05, 3.63) is 35.1 Å². The maximum Gasteiger partial charge on any atom is 0.194 e. The molecule has 1 aromatic carbocycles. The molecular weight excluding hydrogens is 277 g/mol. The SMILES string of the molecule is CCCC1CCC(C(NN)c2ccc(F)c(F)c2F)CC1. The molecule has 1 fully saturated rings. The zero-order valence-electron chi connectivity index (χ0n) is 12.3. The average molecular weight is 300 g/mol. The lowest BCUT2D eigenvalue weighted by Crippen LogP contribution is -2.36. The van der Waals surface area contributed by atoms with Crippen molar-refractivity contribution < 1.29 is 13.2 Å². The molecule has 1 aliphatic rings. The molecule has 0 spiro atoms. The standard InChI is InChI=1S/C16H23F3N2/c1-2-3-10-4-6-11(7-5-10)16(21-20)12-8-9-13(17)15(19)14(12)18/h8-11,16,21H,2-7,20H2,1H3. The zero-order valence-corrected chi connectivity index (χ0v) is 12.3. The second kappa shape index (κ2) is 7.27. The lowest BCUT2D eigenvalue weighted by molar-refractivity contribution is 0.211. The molecule has 1 atom stereocenters. The number of hydrogen-bond acceptors (Lipinski definition) is 2. The van der Waals surface area contributed by atoms with E-state index in [0.717, 1.165) is 37.7 Å². The van der Waals surface area contributed by atoms with Crippen molar-refractivity contribution in [2.75, 3.05) is 0 Å². The normalized spacial score (nSPS) is 24.0. The highest BCUT2D eigenvalue weighted by Gasteiger charge is 2.30. The Kier molecular flexibility index (Phi) is 5.65. The molecule has 1 unspecified atom stereocenters. The van der Waals surface area contributed by atoms with Gasteiger partial charge in [-0.15, -0.1) is 0 Å². The third kappa shape index (κ3) is 3.58. The fourth-order valence-electron chi connectivity index (χ4n) is 3.48. The van der Waals surface area contributed by atoms with Gasteiger partial charge in [-0.05, 0) is 30.7 Å². The van der Waals surface area contributed by atoms with Gasteiger partial charge < -0.3 is 0 Å². The largest absolute Gasteiger partial charge is 0.271 e. The molecule has 0 heterocycles. The van der Waals surface area contributed by atoms with Crippen LogP contribution in [0.1, 0.15) is 57.1 Å². The summed E-state index contributed by atoms with van der Waals surface area (Å²) in [7, 11) is 0. The van der Waals surface area contributed by atoms with E-state index in [2.05, 4.69) is 12.3 Å². The highest BCUT2D eigenvalue weighted by atomic mass is 19.2. The Balaban J connectivity index is 2.12. The smallest absolute Gasteiger partial charge is 0.194 e. The third-order valence-electron chi connectivity index (χ3n) is 4.64. The zero-order chi connectivity index (χ0) is 15.4. The van der Waals surface area contributed by atoms with E-state index in [4.69, 9.17) is 5.84 Å². The molecule has 0 radical (unpaired) electrons. The molecule has 3 N–H and O–H groups in total. The van der Waals surface area contributed by atoms with Gasteiger partial charge in [0.1, 0.15) is 0 Å². The Morgan fingerprint density at radius 1 is 1.14 bits per heavy atom. The van der Waals surface area contributed by atoms with E-state index in [9.17, 15) is 13.2 Å². The van der Waals surface area contributed by atoms with Crippen LogP contribution in [0.4, 0.5) is 13.2 Å². The molecule has 1 aliphatic carbocycles. The Labute approximate surface area is 123 Å². The van der Waals surface area contributed by atoms with Crippen LogP contribution in [0.2, 0.25) is 0 Å². The Bertz CT molecular complexity index is 471. The van der Waals surface area contributed by atoms with Crippen LogP contribution in [-0.2, 0) is 0 Å². The van der Waals surface area contributed by atoms with E-state index in [-0.39, 0.29) is 11.5 Å². The maximum atomic E-state index is 13.9. The average Bonchev–Trinajstić information content (AvgIpc) is 2.50. The van der Waals surface area contributed by atoms with Crippen molar-refractivity contribution in [3.63, 3.8) is 0 Å². The van der Waals surface area contributed by atoms with Crippen LogP contribution in [0.25, 0.3) is 0 Å². The first-order valence-corrected chi connectivity index (χ1v) is 7.68. The van der Waals surface area contributed by atoms with E-state index in [1.807, 2.05) is 0 Å². The molecule has 1 saturated carbocycles. The van der Waals surface area contributed by atoms with E-state index in [1.165, 1.54) is 18.9 Å². The van der Waals surface area contributed by atoms with Crippen LogP contribution in [0.15, 0.2) is 12.1 Å². The van der Waals surface area contributed by atoms with Crippen molar-refractivity contribution in [2.45, 2.75) is 51.5 Å². The minimum absolute atomic E-state index is 0.121. The molecule has 1 aromatic rings. The lowest BCUT2D eigenvalue weighted by Gasteiger charge is -2.34. The second-order valence-electron chi connectivity index (χ2n) is 5.98. The van der Waals surface area contributed by atoms with Gasteiger partial charge in [0.15, 0.2) is 17.5 Å². The van der Waals surface area contributed by atoms with Crippen LogP contribution in [0.3, 0.4) is 0 Å². The fraction of sp³-hybridized carbons (Fsp3) is 0.625. The lowest BCUT2D eigenvalue weighted by atomic mass is 9.75. The van der Waals surface area contributed by atoms with E-state index < -0.39 is 23.5 Å². The van der Waals surface area contributed by atoms with Gasteiger partial charge in [-0.1, -0.05) is 38.7 Å². The highest BCUT2D eigenvalue weighted by Crippen LogP contribution is 2.39. The number of halogens is 3. The highest BCUT2D eigenvalue weighted by molar-refractivity contribution is 5.24. The number of hydrogen-bond donors (Lipinski definition) is 2. The summed E-state index contributed by atoms with van der Waals surface area (Å²) in [4.78, 5) is 0. The van der Waals surface area contributed by atoms with Crippen molar-refractivity contribution in [3.8, 4) is 0 Å². The van der Waals surface area contributed by atoms with Gasteiger partial charge in [0.2, 0.25) is 0 Å². The first-order valence-electron chi connectivity index (χ1n) is 7.68. The Morgan fingerprint density at radius 3 is 2.38 bits per heavy atom.